The molecule has 0 spiro atoms. The molecule has 0 saturated heterocycles. The lowest BCUT2D eigenvalue weighted by Crippen LogP contribution is -2.29. The van der Waals surface area contributed by atoms with Crippen LogP contribution < -0.4 is 10.6 Å². The van der Waals surface area contributed by atoms with E-state index in [0.717, 1.165) is 24.2 Å². The molecule has 5 nitrogen and oxygen atoms in total. The van der Waals surface area contributed by atoms with Gasteiger partial charge in [0.15, 0.2) is 5.13 Å². The number of halogens is 1. The fourth-order valence-corrected chi connectivity index (χ4v) is 2.20. The van der Waals surface area contributed by atoms with Gasteiger partial charge in [0.05, 0.1) is 5.69 Å². The topological polar surface area (TPSA) is 71.1 Å². The molecule has 1 rings (SSSR count). The fourth-order valence-electron chi connectivity index (χ4n) is 1.15. The SMILES string of the molecule is CCCCNC(=O)Nc1nc(C)c(C(=O)Cl)s1. The van der Waals surface area contributed by atoms with Gasteiger partial charge in [0.1, 0.15) is 4.88 Å². The highest BCUT2D eigenvalue weighted by molar-refractivity contribution is 7.19. The number of thiazole rings is 1. The summed E-state index contributed by atoms with van der Waals surface area (Å²) in [6.07, 6.45) is 1.94. The molecular weight excluding hydrogens is 262 g/mol. The second-order valence-electron chi connectivity index (χ2n) is 3.44. The van der Waals surface area contributed by atoms with Gasteiger partial charge in [0.2, 0.25) is 0 Å². The molecule has 2 N–H and O–H groups in total. The van der Waals surface area contributed by atoms with Gasteiger partial charge in [-0.15, -0.1) is 0 Å². The second-order valence-corrected chi connectivity index (χ2v) is 4.78. The van der Waals surface area contributed by atoms with Gasteiger partial charge < -0.3 is 5.32 Å². The van der Waals surface area contributed by atoms with Crippen LogP contribution in [0, 0.1) is 6.92 Å². The molecule has 2 amide bonds. The molecule has 0 aliphatic rings. The molecule has 1 heterocycles. The zero-order chi connectivity index (χ0) is 12.8. The summed E-state index contributed by atoms with van der Waals surface area (Å²) in [6.45, 7) is 4.34. The van der Waals surface area contributed by atoms with Crippen LogP contribution in [-0.2, 0) is 0 Å². The summed E-state index contributed by atoms with van der Waals surface area (Å²) in [6, 6.07) is -0.319. The van der Waals surface area contributed by atoms with Gasteiger partial charge >= 0.3 is 6.03 Å². The first-order chi connectivity index (χ1) is 8.04. The van der Waals surface area contributed by atoms with E-state index in [9.17, 15) is 9.59 Å². The minimum Gasteiger partial charge on any atom is -0.338 e. The molecule has 1 aromatic heterocycles. The van der Waals surface area contributed by atoms with Crippen molar-refractivity contribution in [2.45, 2.75) is 26.7 Å². The number of rotatable bonds is 5. The van der Waals surface area contributed by atoms with E-state index in [4.69, 9.17) is 11.6 Å². The summed E-state index contributed by atoms with van der Waals surface area (Å²) >= 11 is 6.43. The van der Waals surface area contributed by atoms with Crippen LogP contribution >= 0.6 is 22.9 Å². The third-order valence-corrected chi connectivity index (χ3v) is 3.38. The van der Waals surface area contributed by atoms with E-state index in [-0.39, 0.29) is 6.03 Å². The third kappa shape index (κ3) is 4.32. The number of nitrogens with zero attached hydrogens (tertiary/aromatic N) is 1. The Kier molecular flexibility index (Phi) is 5.37. The fraction of sp³-hybridized carbons (Fsp3) is 0.500. The molecule has 17 heavy (non-hydrogen) atoms. The number of nitrogens with one attached hydrogen (secondary N) is 2. The number of anilines is 1. The average molecular weight is 276 g/mol. The van der Waals surface area contributed by atoms with Crippen molar-refractivity contribution in [3.05, 3.63) is 10.6 Å². The van der Waals surface area contributed by atoms with Crippen LogP contribution in [0.15, 0.2) is 0 Å². The van der Waals surface area contributed by atoms with E-state index in [1.165, 1.54) is 0 Å². The number of unbranched alkanes of at least 4 members (excludes halogenated alkanes) is 1. The van der Waals surface area contributed by atoms with Crippen molar-refractivity contribution in [2.24, 2.45) is 0 Å². The first-order valence-corrected chi connectivity index (χ1v) is 6.46. The van der Waals surface area contributed by atoms with Crippen molar-refractivity contribution in [2.75, 3.05) is 11.9 Å². The van der Waals surface area contributed by atoms with E-state index >= 15 is 0 Å². The third-order valence-electron chi connectivity index (χ3n) is 2.01. The summed E-state index contributed by atoms with van der Waals surface area (Å²) in [5, 5.41) is 5.07. The Balaban J connectivity index is 2.54. The van der Waals surface area contributed by atoms with Gasteiger partial charge in [0.25, 0.3) is 5.24 Å². The van der Waals surface area contributed by atoms with E-state index in [1.807, 2.05) is 6.92 Å². The Hall–Kier alpha value is -1.14. The maximum Gasteiger partial charge on any atom is 0.321 e. The highest BCUT2D eigenvalue weighted by atomic mass is 35.5. The lowest BCUT2D eigenvalue weighted by Gasteiger charge is -2.03. The quantitative estimate of drug-likeness (QED) is 0.641. The Morgan fingerprint density at radius 3 is 2.71 bits per heavy atom. The summed E-state index contributed by atoms with van der Waals surface area (Å²) < 4.78 is 0. The first-order valence-electron chi connectivity index (χ1n) is 5.26. The molecule has 0 aliphatic heterocycles. The summed E-state index contributed by atoms with van der Waals surface area (Å²) in [7, 11) is 0. The summed E-state index contributed by atoms with van der Waals surface area (Å²) in [5.41, 5.74) is 0.527. The maximum absolute atomic E-state index is 11.4. The van der Waals surface area contributed by atoms with Gasteiger partial charge in [-0.25, -0.2) is 9.78 Å². The van der Waals surface area contributed by atoms with Crippen molar-refractivity contribution in [1.29, 1.82) is 0 Å². The minimum atomic E-state index is -0.556. The van der Waals surface area contributed by atoms with Crippen molar-refractivity contribution in [3.63, 3.8) is 0 Å². The van der Waals surface area contributed by atoms with Crippen LogP contribution in [0.2, 0.25) is 0 Å². The first kappa shape index (κ1) is 13.9. The molecule has 0 unspecified atom stereocenters. The van der Waals surface area contributed by atoms with Gasteiger partial charge in [0, 0.05) is 6.54 Å². The van der Waals surface area contributed by atoms with Gasteiger partial charge in [-0.3, -0.25) is 10.1 Å². The van der Waals surface area contributed by atoms with Crippen molar-refractivity contribution < 1.29 is 9.59 Å². The highest BCUT2D eigenvalue weighted by Gasteiger charge is 2.14. The van der Waals surface area contributed by atoms with Gasteiger partial charge in [-0.1, -0.05) is 24.7 Å². The van der Waals surface area contributed by atoms with Crippen molar-refractivity contribution in [1.82, 2.24) is 10.3 Å². The molecule has 0 bridgehead atoms. The molecule has 7 heteroatoms. The van der Waals surface area contributed by atoms with Crippen LogP contribution in [0.5, 0.6) is 0 Å². The van der Waals surface area contributed by atoms with Crippen LogP contribution in [0.3, 0.4) is 0 Å². The molecule has 0 aliphatic carbocycles. The van der Waals surface area contributed by atoms with E-state index in [0.29, 0.717) is 22.2 Å². The monoisotopic (exact) mass is 275 g/mol. The summed E-state index contributed by atoms with van der Waals surface area (Å²) in [4.78, 5) is 26.8. The molecule has 94 valence electrons. The number of aryl methyl sites for hydroxylation is 1. The maximum atomic E-state index is 11.4. The standard InChI is InChI=1S/C10H14ClN3O2S/c1-3-4-5-12-9(16)14-10-13-6(2)7(17-10)8(11)15/h3-5H2,1-2H3,(H2,12,13,14,16). The van der Waals surface area contributed by atoms with Gasteiger partial charge in [-0.05, 0) is 24.9 Å². The Morgan fingerprint density at radius 2 is 2.18 bits per heavy atom. The zero-order valence-corrected chi connectivity index (χ0v) is 11.2. The second kappa shape index (κ2) is 6.56. The normalized spacial score (nSPS) is 10.1. The van der Waals surface area contributed by atoms with Gasteiger partial charge in [-0.2, -0.15) is 0 Å². The molecule has 0 saturated carbocycles. The van der Waals surface area contributed by atoms with Crippen molar-refractivity contribution >= 4 is 39.3 Å². The Bertz CT molecular complexity index is 420. The van der Waals surface area contributed by atoms with E-state index < -0.39 is 5.24 Å². The smallest absolute Gasteiger partial charge is 0.321 e. The van der Waals surface area contributed by atoms with E-state index in [2.05, 4.69) is 15.6 Å². The number of amides is 2. The molecule has 1 aromatic rings. The Morgan fingerprint density at radius 1 is 1.47 bits per heavy atom. The Labute approximate surface area is 109 Å². The number of hydrogen-bond donors (Lipinski definition) is 2. The minimum absolute atomic E-state index is 0.319. The highest BCUT2D eigenvalue weighted by Crippen LogP contribution is 2.23. The van der Waals surface area contributed by atoms with Crippen molar-refractivity contribution in [3.8, 4) is 0 Å². The molecule has 0 radical (unpaired) electrons. The molecule has 0 aromatic carbocycles. The lowest BCUT2D eigenvalue weighted by atomic mass is 10.3. The van der Waals surface area contributed by atoms with Crippen LogP contribution in [0.25, 0.3) is 0 Å². The zero-order valence-electron chi connectivity index (χ0n) is 9.67. The lowest BCUT2D eigenvalue weighted by molar-refractivity contribution is 0.108. The average Bonchev–Trinajstić information content (AvgIpc) is 2.60. The van der Waals surface area contributed by atoms with Crippen LogP contribution in [0.1, 0.15) is 35.1 Å². The molecular formula is C10H14ClN3O2S. The number of hydrogen-bond acceptors (Lipinski definition) is 4. The molecule has 0 fully saturated rings. The number of carbonyl (C=O) groups excluding carboxylic acids is 2. The van der Waals surface area contributed by atoms with Crippen LogP contribution in [-0.4, -0.2) is 22.8 Å². The number of carbonyl (C=O) groups is 2. The van der Waals surface area contributed by atoms with E-state index in [1.54, 1.807) is 6.92 Å². The van der Waals surface area contributed by atoms with Crippen LogP contribution in [0.4, 0.5) is 9.93 Å². The predicted octanol–water partition coefficient (Wildman–Crippen LogP) is 2.75. The number of aromatic nitrogens is 1. The summed E-state index contributed by atoms with van der Waals surface area (Å²) in [5.74, 6) is 0. The largest absolute Gasteiger partial charge is 0.338 e. The molecule has 0 atom stereocenters. The number of urea groups is 1. The predicted molar refractivity (Wildman–Crippen MR) is 69.0 cm³/mol.